The first-order chi connectivity index (χ1) is 10.5. The Labute approximate surface area is 132 Å². The van der Waals surface area contributed by atoms with Gasteiger partial charge in [-0.05, 0) is 45.9 Å². The summed E-state index contributed by atoms with van der Waals surface area (Å²) in [6.07, 6.45) is 0.114. The van der Waals surface area contributed by atoms with Gasteiger partial charge in [0, 0.05) is 18.7 Å². The van der Waals surface area contributed by atoms with E-state index in [0.717, 1.165) is 0 Å². The van der Waals surface area contributed by atoms with E-state index in [-0.39, 0.29) is 18.1 Å². The molecule has 1 aliphatic heterocycles. The summed E-state index contributed by atoms with van der Waals surface area (Å²) < 4.78 is 16.8. The fourth-order valence-electron chi connectivity index (χ4n) is 2.71. The van der Waals surface area contributed by atoms with E-state index in [9.17, 15) is 4.79 Å². The summed E-state index contributed by atoms with van der Waals surface area (Å²) in [5.41, 5.74) is 0.619. The minimum atomic E-state index is 0.00556. The van der Waals surface area contributed by atoms with E-state index in [4.69, 9.17) is 14.2 Å². The van der Waals surface area contributed by atoms with Crippen LogP contribution in [0.2, 0.25) is 0 Å². The summed E-state index contributed by atoms with van der Waals surface area (Å²) in [5, 5.41) is 0. The zero-order valence-electron chi connectivity index (χ0n) is 13.8. The number of amides is 1. The van der Waals surface area contributed by atoms with Crippen molar-refractivity contribution in [1.29, 1.82) is 0 Å². The molecule has 0 bridgehead atoms. The number of morpholine rings is 1. The molecular weight excluding hydrogens is 282 g/mol. The SMILES string of the molecule is CCOc1ccc(C(=O)N2C[C@H](C)O[C@@H](C)C2)cc1OCC. The Morgan fingerprint density at radius 2 is 1.73 bits per heavy atom. The normalized spacial score (nSPS) is 21.5. The maximum absolute atomic E-state index is 12.7. The fraction of sp³-hybridized carbons (Fsp3) is 0.588. The molecule has 1 aromatic carbocycles. The molecule has 1 saturated heterocycles. The number of nitrogens with zero attached hydrogens (tertiary/aromatic N) is 1. The Bertz CT molecular complexity index is 507. The largest absolute Gasteiger partial charge is 0.490 e. The van der Waals surface area contributed by atoms with Crippen LogP contribution in [-0.2, 0) is 4.74 Å². The molecule has 0 unspecified atom stereocenters. The minimum absolute atomic E-state index is 0.00556. The van der Waals surface area contributed by atoms with Gasteiger partial charge in [-0.3, -0.25) is 4.79 Å². The molecule has 1 aromatic rings. The standard InChI is InChI=1S/C17H25NO4/c1-5-20-15-8-7-14(9-16(15)21-6-2)17(19)18-10-12(3)22-13(4)11-18/h7-9,12-13H,5-6,10-11H2,1-4H3/t12-,13-/m0/s1. The first-order valence-electron chi connectivity index (χ1n) is 7.89. The molecule has 1 fully saturated rings. The first kappa shape index (κ1) is 16.6. The van der Waals surface area contributed by atoms with Crippen LogP contribution in [0.1, 0.15) is 38.1 Å². The molecule has 0 aliphatic carbocycles. The molecule has 0 aromatic heterocycles. The van der Waals surface area contributed by atoms with E-state index in [1.165, 1.54) is 0 Å². The van der Waals surface area contributed by atoms with E-state index in [2.05, 4.69) is 0 Å². The van der Waals surface area contributed by atoms with Crippen molar-refractivity contribution in [2.24, 2.45) is 0 Å². The van der Waals surface area contributed by atoms with Crippen molar-refractivity contribution < 1.29 is 19.0 Å². The van der Waals surface area contributed by atoms with E-state index >= 15 is 0 Å². The van der Waals surface area contributed by atoms with Gasteiger partial charge in [-0.2, -0.15) is 0 Å². The maximum atomic E-state index is 12.7. The van der Waals surface area contributed by atoms with Gasteiger partial charge in [-0.1, -0.05) is 0 Å². The lowest BCUT2D eigenvalue weighted by molar-refractivity contribution is -0.0586. The van der Waals surface area contributed by atoms with Crippen LogP contribution < -0.4 is 9.47 Å². The van der Waals surface area contributed by atoms with Crippen molar-refractivity contribution in [2.45, 2.75) is 39.9 Å². The summed E-state index contributed by atoms with van der Waals surface area (Å²) in [7, 11) is 0. The Morgan fingerprint density at radius 3 is 2.32 bits per heavy atom. The van der Waals surface area contributed by atoms with Crippen LogP contribution in [0.15, 0.2) is 18.2 Å². The predicted octanol–water partition coefficient (Wildman–Crippen LogP) is 2.73. The second-order valence-electron chi connectivity index (χ2n) is 5.49. The quantitative estimate of drug-likeness (QED) is 0.839. The predicted molar refractivity (Wildman–Crippen MR) is 84.7 cm³/mol. The Kier molecular flexibility index (Phi) is 5.66. The lowest BCUT2D eigenvalue weighted by atomic mass is 10.1. The van der Waals surface area contributed by atoms with E-state index in [1.807, 2.05) is 32.6 Å². The van der Waals surface area contributed by atoms with Gasteiger partial charge in [0.25, 0.3) is 5.91 Å². The number of ether oxygens (including phenoxy) is 3. The third-order valence-electron chi connectivity index (χ3n) is 3.50. The highest BCUT2D eigenvalue weighted by atomic mass is 16.5. The van der Waals surface area contributed by atoms with Crippen molar-refractivity contribution in [3.05, 3.63) is 23.8 Å². The van der Waals surface area contributed by atoms with Gasteiger partial charge in [0.1, 0.15) is 0 Å². The molecule has 5 nitrogen and oxygen atoms in total. The molecule has 1 heterocycles. The fourth-order valence-corrected chi connectivity index (χ4v) is 2.71. The molecule has 5 heteroatoms. The molecule has 2 rings (SSSR count). The number of carbonyl (C=O) groups excluding carboxylic acids is 1. The van der Waals surface area contributed by atoms with Crippen LogP contribution in [0.5, 0.6) is 11.5 Å². The van der Waals surface area contributed by atoms with Gasteiger partial charge >= 0.3 is 0 Å². The smallest absolute Gasteiger partial charge is 0.254 e. The number of benzene rings is 1. The van der Waals surface area contributed by atoms with Crippen LogP contribution in [0.3, 0.4) is 0 Å². The monoisotopic (exact) mass is 307 g/mol. The van der Waals surface area contributed by atoms with Crippen molar-refractivity contribution in [3.8, 4) is 11.5 Å². The van der Waals surface area contributed by atoms with Crippen molar-refractivity contribution in [3.63, 3.8) is 0 Å². The van der Waals surface area contributed by atoms with Gasteiger partial charge in [0.05, 0.1) is 25.4 Å². The molecule has 0 spiro atoms. The number of hydrogen-bond acceptors (Lipinski definition) is 4. The molecule has 1 amide bonds. The Balaban J connectivity index is 2.20. The van der Waals surface area contributed by atoms with Crippen LogP contribution in [-0.4, -0.2) is 49.3 Å². The van der Waals surface area contributed by atoms with Crippen LogP contribution in [0.4, 0.5) is 0 Å². The molecule has 0 saturated carbocycles. The Morgan fingerprint density at radius 1 is 1.14 bits per heavy atom. The topological polar surface area (TPSA) is 48.0 Å². The lowest BCUT2D eigenvalue weighted by Crippen LogP contribution is -2.48. The third kappa shape index (κ3) is 3.91. The average Bonchev–Trinajstić information content (AvgIpc) is 2.48. The van der Waals surface area contributed by atoms with Gasteiger partial charge in [0.2, 0.25) is 0 Å². The second kappa shape index (κ2) is 7.49. The second-order valence-corrected chi connectivity index (χ2v) is 5.49. The molecule has 22 heavy (non-hydrogen) atoms. The van der Waals surface area contributed by atoms with E-state index < -0.39 is 0 Å². The molecule has 122 valence electrons. The molecule has 1 aliphatic rings. The van der Waals surface area contributed by atoms with Gasteiger partial charge in [-0.25, -0.2) is 0 Å². The van der Waals surface area contributed by atoms with Crippen LogP contribution in [0, 0.1) is 0 Å². The van der Waals surface area contributed by atoms with Gasteiger partial charge < -0.3 is 19.1 Å². The number of hydrogen-bond donors (Lipinski definition) is 0. The first-order valence-corrected chi connectivity index (χ1v) is 7.89. The lowest BCUT2D eigenvalue weighted by Gasteiger charge is -2.35. The zero-order valence-corrected chi connectivity index (χ0v) is 13.8. The van der Waals surface area contributed by atoms with E-state index in [0.29, 0.717) is 43.4 Å². The molecule has 0 N–H and O–H groups in total. The van der Waals surface area contributed by atoms with Crippen molar-refractivity contribution in [2.75, 3.05) is 26.3 Å². The maximum Gasteiger partial charge on any atom is 0.254 e. The summed E-state index contributed by atoms with van der Waals surface area (Å²) >= 11 is 0. The summed E-state index contributed by atoms with van der Waals surface area (Å²) in [4.78, 5) is 14.5. The summed E-state index contributed by atoms with van der Waals surface area (Å²) in [5.74, 6) is 1.29. The van der Waals surface area contributed by atoms with Gasteiger partial charge in [-0.15, -0.1) is 0 Å². The summed E-state index contributed by atoms with van der Waals surface area (Å²) in [6.45, 7) is 10.1. The zero-order chi connectivity index (χ0) is 16.1. The van der Waals surface area contributed by atoms with Crippen LogP contribution in [0.25, 0.3) is 0 Å². The Hall–Kier alpha value is -1.75. The third-order valence-corrected chi connectivity index (χ3v) is 3.50. The van der Waals surface area contributed by atoms with Crippen LogP contribution >= 0.6 is 0 Å². The molecular formula is C17H25NO4. The average molecular weight is 307 g/mol. The van der Waals surface area contributed by atoms with Crippen molar-refractivity contribution >= 4 is 5.91 Å². The highest BCUT2D eigenvalue weighted by Crippen LogP contribution is 2.29. The summed E-state index contributed by atoms with van der Waals surface area (Å²) in [6, 6.07) is 5.36. The van der Waals surface area contributed by atoms with E-state index in [1.54, 1.807) is 18.2 Å². The highest BCUT2D eigenvalue weighted by Gasteiger charge is 2.27. The molecule has 0 radical (unpaired) electrons. The minimum Gasteiger partial charge on any atom is -0.490 e. The number of rotatable bonds is 5. The highest BCUT2D eigenvalue weighted by molar-refractivity contribution is 5.95. The van der Waals surface area contributed by atoms with Crippen molar-refractivity contribution in [1.82, 2.24) is 4.90 Å². The number of carbonyl (C=O) groups is 1. The van der Waals surface area contributed by atoms with Gasteiger partial charge in [0.15, 0.2) is 11.5 Å². The molecule has 2 atom stereocenters.